The molecule has 25 heavy (non-hydrogen) atoms. The highest BCUT2D eigenvalue weighted by atomic mass is 127. The van der Waals surface area contributed by atoms with E-state index in [4.69, 9.17) is 14.2 Å². The Kier molecular flexibility index (Phi) is 14.3. The molecule has 0 unspecified atom stereocenters. The van der Waals surface area contributed by atoms with Gasteiger partial charge < -0.3 is 24.8 Å². The van der Waals surface area contributed by atoms with Crippen LogP contribution < -0.4 is 20.1 Å². The number of guanidine groups is 1. The zero-order valence-corrected chi connectivity index (χ0v) is 18.1. The lowest BCUT2D eigenvalue weighted by Crippen LogP contribution is -2.39. The molecular formula is C18H32IN3O3. The van der Waals surface area contributed by atoms with Gasteiger partial charge in [0.2, 0.25) is 0 Å². The summed E-state index contributed by atoms with van der Waals surface area (Å²) in [6.45, 7) is 10.1. The number of aliphatic imine (C=N–C) groups is 1. The first-order valence-corrected chi connectivity index (χ1v) is 8.65. The number of ether oxygens (including phenoxy) is 3. The molecule has 7 heteroatoms. The zero-order valence-electron chi connectivity index (χ0n) is 15.8. The number of nitrogens with one attached hydrogen (secondary N) is 2. The van der Waals surface area contributed by atoms with E-state index >= 15 is 0 Å². The summed E-state index contributed by atoms with van der Waals surface area (Å²) in [7, 11) is 1.76. The van der Waals surface area contributed by atoms with Crippen LogP contribution in [0.2, 0.25) is 0 Å². The van der Waals surface area contributed by atoms with Crippen molar-refractivity contribution in [3.63, 3.8) is 0 Å². The molecular weight excluding hydrogens is 433 g/mol. The normalized spacial score (nSPS) is 10.8. The molecule has 0 aliphatic rings. The molecule has 0 bridgehead atoms. The van der Waals surface area contributed by atoms with Gasteiger partial charge in [0.1, 0.15) is 0 Å². The average Bonchev–Trinajstić information content (AvgIpc) is 2.59. The lowest BCUT2D eigenvalue weighted by Gasteiger charge is -2.14. The third-order valence-corrected chi connectivity index (χ3v) is 3.28. The first-order valence-electron chi connectivity index (χ1n) is 8.65. The molecule has 0 heterocycles. The van der Waals surface area contributed by atoms with Gasteiger partial charge in [-0.2, -0.15) is 0 Å². The van der Waals surface area contributed by atoms with E-state index in [-0.39, 0.29) is 24.0 Å². The monoisotopic (exact) mass is 465 g/mol. The minimum Gasteiger partial charge on any atom is -0.490 e. The largest absolute Gasteiger partial charge is 0.490 e. The maximum absolute atomic E-state index is 5.66. The first kappa shape index (κ1) is 23.8. The second-order valence-corrected chi connectivity index (χ2v) is 5.02. The maximum Gasteiger partial charge on any atom is 0.191 e. The van der Waals surface area contributed by atoms with Crippen LogP contribution in [0.4, 0.5) is 0 Å². The average molecular weight is 465 g/mol. The Bertz CT molecular complexity index is 498. The number of nitrogens with zero attached hydrogens (tertiary/aromatic N) is 1. The standard InChI is InChI=1S/C18H31N3O3.HI/c1-5-22-13-12-21-18(19-4)20-11-10-15-8-9-16(23-6-2)17(14-15)24-7-3;/h8-9,14H,5-7,10-13H2,1-4H3,(H2,19,20,21);1H. The Balaban J connectivity index is 0.00000576. The summed E-state index contributed by atoms with van der Waals surface area (Å²) in [4.78, 5) is 4.20. The van der Waals surface area contributed by atoms with Crippen LogP contribution in [-0.2, 0) is 11.2 Å². The van der Waals surface area contributed by atoms with Crippen molar-refractivity contribution in [3.05, 3.63) is 23.8 Å². The second-order valence-electron chi connectivity index (χ2n) is 5.02. The van der Waals surface area contributed by atoms with Crippen LogP contribution >= 0.6 is 24.0 Å². The summed E-state index contributed by atoms with van der Waals surface area (Å²) >= 11 is 0. The van der Waals surface area contributed by atoms with Crippen LogP contribution in [0.5, 0.6) is 11.5 Å². The molecule has 6 nitrogen and oxygen atoms in total. The summed E-state index contributed by atoms with van der Waals surface area (Å²) in [6, 6.07) is 6.08. The molecule has 144 valence electrons. The van der Waals surface area contributed by atoms with Gasteiger partial charge in [-0.3, -0.25) is 4.99 Å². The highest BCUT2D eigenvalue weighted by Gasteiger charge is 2.06. The van der Waals surface area contributed by atoms with Crippen molar-refractivity contribution >= 4 is 29.9 Å². The van der Waals surface area contributed by atoms with E-state index in [1.165, 1.54) is 5.56 Å². The number of hydrogen-bond acceptors (Lipinski definition) is 4. The van der Waals surface area contributed by atoms with Crippen LogP contribution in [-0.4, -0.2) is 52.5 Å². The van der Waals surface area contributed by atoms with Gasteiger partial charge in [-0.1, -0.05) is 6.07 Å². The predicted octanol–water partition coefficient (Wildman–Crippen LogP) is 2.85. The Morgan fingerprint density at radius 2 is 1.64 bits per heavy atom. The Morgan fingerprint density at radius 3 is 2.28 bits per heavy atom. The molecule has 0 spiro atoms. The second kappa shape index (κ2) is 15.1. The van der Waals surface area contributed by atoms with Crippen LogP contribution in [0.15, 0.2) is 23.2 Å². The fourth-order valence-corrected chi connectivity index (χ4v) is 2.18. The fraction of sp³-hybridized carbons (Fsp3) is 0.611. The molecule has 0 aromatic heterocycles. The van der Waals surface area contributed by atoms with Crippen molar-refractivity contribution < 1.29 is 14.2 Å². The molecule has 1 aromatic rings. The van der Waals surface area contributed by atoms with E-state index in [9.17, 15) is 0 Å². The summed E-state index contributed by atoms with van der Waals surface area (Å²) in [5.74, 6) is 2.38. The van der Waals surface area contributed by atoms with E-state index in [1.807, 2.05) is 32.9 Å². The number of benzene rings is 1. The van der Waals surface area contributed by atoms with Crippen molar-refractivity contribution in [2.75, 3.05) is 46.6 Å². The molecule has 1 rings (SSSR count). The van der Waals surface area contributed by atoms with Crippen molar-refractivity contribution in [1.82, 2.24) is 10.6 Å². The Hall–Kier alpha value is -1.22. The molecule has 0 aliphatic carbocycles. The summed E-state index contributed by atoms with van der Waals surface area (Å²) in [6.07, 6.45) is 0.874. The van der Waals surface area contributed by atoms with Crippen LogP contribution in [0, 0.1) is 0 Å². The van der Waals surface area contributed by atoms with Gasteiger partial charge in [0.25, 0.3) is 0 Å². The Morgan fingerprint density at radius 1 is 0.960 bits per heavy atom. The van der Waals surface area contributed by atoms with Gasteiger partial charge in [-0.25, -0.2) is 0 Å². The highest BCUT2D eigenvalue weighted by Crippen LogP contribution is 2.28. The molecule has 0 fully saturated rings. The van der Waals surface area contributed by atoms with E-state index < -0.39 is 0 Å². The van der Waals surface area contributed by atoms with E-state index in [0.717, 1.165) is 43.6 Å². The topological polar surface area (TPSA) is 64.1 Å². The number of hydrogen-bond donors (Lipinski definition) is 2. The highest BCUT2D eigenvalue weighted by molar-refractivity contribution is 14.0. The van der Waals surface area contributed by atoms with Gasteiger partial charge in [-0.05, 0) is 44.9 Å². The SMILES string of the molecule is CCOCCNC(=NC)NCCc1ccc(OCC)c(OCC)c1.I. The van der Waals surface area contributed by atoms with Gasteiger partial charge >= 0.3 is 0 Å². The molecule has 0 amide bonds. The smallest absolute Gasteiger partial charge is 0.191 e. The summed E-state index contributed by atoms with van der Waals surface area (Å²) in [5, 5.41) is 6.51. The first-order chi connectivity index (χ1) is 11.7. The van der Waals surface area contributed by atoms with Crippen molar-refractivity contribution in [3.8, 4) is 11.5 Å². The molecule has 2 N–H and O–H groups in total. The van der Waals surface area contributed by atoms with E-state index in [1.54, 1.807) is 7.05 Å². The fourth-order valence-electron chi connectivity index (χ4n) is 2.18. The quantitative estimate of drug-likeness (QED) is 0.228. The van der Waals surface area contributed by atoms with Gasteiger partial charge in [0.05, 0.1) is 19.8 Å². The molecule has 0 saturated heterocycles. The Labute approximate surface area is 168 Å². The minimum absolute atomic E-state index is 0. The maximum atomic E-state index is 5.66. The van der Waals surface area contributed by atoms with E-state index in [0.29, 0.717) is 19.8 Å². The minimum atomic E-state index is 0. The summed E-state index contributed by atoms with van der Waals surface area (Å²) in [5.41, 5.74) is 1.19. The van der Waals surface area contributed by atoms with Crippen molar-refractivity contribution in [2.45, 2.75) is 27.2 Å². The number of rotatable bonds is 11. The molecule has 0 radical (unpaired) electrons. The van der Waals surface area contributed by atoms with Gasteiger partial charge in [0.15, 0.2) is 17.5 Å². The van der Waals surface area contributed by atoms with Crippen LogP contribution in [0.25, 0.3) is 0 Å². The van der Waals surface area contributed by atoms with Crippen LogP contribution in [0.3, 0.4) is 0 Å². The molecule has 1 aromatic carbocycles. The van der Waals surface area contributed by atoms with Crippen LogP contribution in [0.1, 0.15) is 26.3 Å². The van der Waals surface area contributed by atoms with E-state index in [2.05, 4.69) is 21.7 Å². The van der Waals surface area contributed by atoms with Gasteiger partial charge in [-0.15, -0.1) is 24.0 Å². The molecule has 0 saturated carbocycles. The lowest BCUT2D eigenvalue weighted by atomic mass is 10.1. The third kappa shape index (κ3) is 9.74. The van der Waals surface area contributed by atoms with Crippen molar-refractivity contribution in [1.29, 1.82) is 0 Å². The van der Waals surface area contributed by atoms with Gasteiger partial charge in [0, 0.05) is 26.7 Å². The molecule has 0 atom stereocenters. The number of halogens is 1. The van der Waals surface area contributed by atoms with Crippen molar-refractivity contribution in [2.24, 2.45) is 4.99 Å². The zero-order chi connectivity index (χ0) is 17.6. The summed E-state index contributed by atoms with van der Waals surface area (Å²) < 4.78 is 16.5. The lowest BCUT2D eigenvalue weighted by molar-refractivity contribution is 0.152. The molecule has 0 aliphatic heterocycles. The third-order valence-electron chi connectivity index (χ3n) is 3.28. The predicted molar refractivity (Wildman–Crippen MR) is 114 cm³/mol.